The lowest BCUT2D eigenvalue weighted by Crippen LogP contribution is -2.50. The van der Waals surface area contributed by atoms with Crippen molar-refractivity contribution in [3.63, 3.8) is 0 Å². The molecular formula is C21H20Cl2N2O5S. The molecule has 2 heterocycles. The van der Waals surface area contributed by atoms with Gasteiger partial charge in [0.15, 0.2) is 0 Å². The number of carbonyl (C=O) groups is 1. The average Bonchev–Trinajstić information content (AvgIpc) is 3.07. The highest BCUT2D eigenvalue weighted by Gasteiger charge is 2.34. The van der Waals surface area contributed by atoms with Crippen molar-refractivity contribution in [2.75, 3.05) is 33.3 Å². The first-order chi connectivity index (χ1) is 14.7. The molecule has 3 aromatic rings. The molecule has 0 saturated carbocycles. The molecule has 4 rings (SSSR count). The van der Waals surface area contributed by atoms with Crippen LogP contribution in [0.3, 0.4) is 0 Å². The summed E-state index contributed by atoms with van der Waals surface area (Å²) in [7, 11) is -2.33. The minimum absolute atomic E-state index is 0.0699. The second-order valence-corrected chi connectivity index (χ2v) is 9.83. The number of methoxy groups -OCH3 is 1. The SMILES string of the molecule is COc1ccc2oc(C)c(C(=O)N3CCN(S(=O)(=O)c4c(Cl)cccc4Cl)CC3)c2c1. The van der Waals surface area contributed by atoms with Gasteiger partial charge < -0.3 is 14.1 Å². The Morgan fingerprint density at radius 2 is 1.71 bits per heavy atom. The molecule has 31 heavy (non-hydrogen) atoms. The maximum Gasteiger partial charge on any atom is 0.258 e. The van der Waals surface area contributed by atoms with Gasteiger partial charge in [-0.1, -0.05) is 29.3 Å². The zero-order valence-electron chi connectivity index (χ0n) is 16.9. The number of nitrogens with zero attached hydrogens (tertiary/aromatic N) is 2. The Bertz CT molecular complexity index is 1240. The van der Waals surface area contributed by atoms with E-state index in [0.29, 0.717) is 28.0 Å². The van der Waals surface area contributed by atoms with Crippen LogP contribution in [0, 0.1) is 6.92 Å². The van der Waals surface area contributed by atoms with E-state index in [0.717, 1.165) is 0 Å². The van der Waals surface area contributed by atoms with Gasteiger partial charge in [0.05, 0.1) is 22.7 Å². The van der Waals surface area contributed by atoms with Gasteiger partial charge in [-0.2, -0.15) is 4.31 Å². The van der Waals surface area contributed by atoms with E-state index in [1.165, 1.54) is 16.4 Å². The minimum Gasteiger partial charge on any atom is -0.497 e. The number of hydrogen-bond donors (Lipinski definition) is 0. The highest BCUT2D eigenvalue weighted by molar-refractivity contribution is 7.89. The largest absolute Gasteiger partial charge is 0.497 e. The predicted octanol–water partition coefficient (Wildman–Crippen LogP) is 4.20. The summed E-state index contributed by atoms with van der Waals surface area (Å²) in [4.78, 5) is 14.8. The molecule has 1 fully saturated rings. The van der Waals surface area contributed by atoms with E-state index < -0.39 is 10.0 Å². The van der Waals surface area contributed by atoms with E-state index in [4.69, 9.17) is 32.4 Å². The van der Waals surface area contributed by atoms with Crippen molar-refractivity contribution in [1.82, 2.24) is 9.21 Å². The Balaban J connectivity index is 1.56. The minimum atomic E-state index is -3.88. The van der Waals surface area contributed by atoms with Gasteiger partial charge in [0, 0.05) is 31.6 Å². The lowest BCUT2D eigenvalue weighted by molar-refractivity contribution is 0.0698. The highest BCUT2D eigenvalue weighted by Crippen LogP contribution is 2.33. The van der Waals surface area contributed by atoms with Crippen LogP contribution in [0.15, 0.2) is 45.7 Å². The van der Waals surface area contributed by atoms with Gasteiger partial charge in [0.2, 0.25) is 10.0 Å². The summed E-state index contributed by atoms with van der Waals surface area (Å²) in [5, 5.41) is 0.806. The molecule has 0 spiro atoms. The fourth-order valence-electron chi connectivity index (χ4n) is 3.74. The van der Waals surface area contributed by atoms with Crippen LogP contribution in [0.25, 0.3) is 11.0 Å². The molecule has 7 nitrogen and oxygen atoms in total. The van der Waals surface area contributed by atoms with Gasteiger partial charge in [-0.3, -0.25) is 4.79 Å². The lowest BCUT2D eigenvalue weighted by Gasteiger charge is -2.34. The zero-order valence-corrected chi connectivity index (χ0v) is 19.2. The summed E-state index contributed by atoms with van der Waals surface area (Å²) in [5.74, 6) is 0.915. The van der Waals surface area contributed by atoms with Gasteiger partial charge in [-0.25, -0.2) is 8.42 Å². The number of ether oxygens (including phenoxy) is 1. The molecule has 1 saturated heterocycles. The van der Waals surface area contributed by atoms with E-state index in [1.807, 2.05) is 0 Å². The summed E-state index contributed by atoms with van der Waals surface area (Å²) >= 11 is 12.2. The van der Waals surface area contributed by atoms with Gasteiger partial charge in [-0.15, -0.1) is 0 Å². The first-order valence-electron chi connectivity index (χ1n) is 9.54. The Morgan fingerprint density at radius 3 is 2.32 bits per heavy atom. The topological polar surface area (TPSA) is 80.1 Å². The van der Waals surface area contributed by atoms with Gasteiger partial charge in [-0.05, 0) is 37.3 Å². The number of amides is 1. The number of rotatable bonds is 4. The summed E-state index contributed by atoms with van der Waals surface area (Å²) in [6, 6.07) is 9.85. The number of halogens is 2. The van der Waals surface area contributed by atoms with Crippen LogP contribution in [0.5, 0.6) is 5.75 Å². The van der Waals surface area contributed by atoms with Crippen molar-refractivity contribution in [3.05, 3.63) is 57.8 Å². The molecule has 0 radical (unpaired) electrons. The van der Waals surface area contributed by atoms with Crippen molar-refractivity contribution in [2.24, 2.45) is 0 Å². The lowest BCUT2D eigenvalue weighted by atomic mass is 10.1. The van der Waals surface area contributed by atoms with Crippen molar-refractivity contribution in [1.29, 1.82) is 0 Å². The molecule has 0 N–H and O–H groups in total. The molecule has 1 aromatic heterocycles. The van der Waals surface area contributed by atoms with E-state index >= 15 is 0 Å². The van der Waals surface area contributed by atoms with Crippen LogP contribution >= 0.6 is 23.2 Å². The summed E-state index contributed by atoms with van der Waals surface area (Å²) in [6.07, 6.45) is 0. The van der Waals surface area contributed by atoms with Gasteiger partial charge >= 0.3 is 0 Å². The van der Waals surface area contributed by atoms with Crippen LogP contribution in [0.4, 0.5) is 0 Å². The third-order valence-electron chi connectivity index (χ3n) is 5.33. The van der Waals surface area contributed by atoms with Gasteiger partial charge in [0.1, 0.15) is 22.0 Å². The summed E-state index contributed by atoms with van der Waals surface area (Å²) < 4.78 is 38.4. The first-order valence-corrected chi connectivity index (χ1v) is 11.7. The van der Waals surface area contributed by atoms with E-state index in [9.17, 15) is 13.2 Å². The molecule has 0 aliphatic carbocycles. The maximum absolute atomic E-state index is 13.2. The molecule has 1 amide bonds. The second-order valence-electron chi connectivity index (χ2n) is 7.14. The summed E-state index contributed by atoms with van der Waals surface area (Å²) in [5.41, 5.74) is 1.05. The van der Waals surface area contributed by atoms with Crippen molar-refractivity contribution in [2.45, 2.75) is 11.8 Å². The Kier molecular flexibility index (Phi) is 5.91. The molecular weight excluding hydrogens is 463 g/mol. The first kappa shape index (κ1) is 22.0. The fraction of sp³-hybridized carbons (Fsp3) is 0.286. The monoisotopic (exact) mass is 482 g/mol. The highest BCUT2D eigenvalue weighted by atomic mass is 35.5. The third kappa shape index (κ3) is 3.89. The van der Waals surface area contributed by atoms with Crippen LogP contribution in [-0.4, -0.2) is 56.8 Å². The van der Waals surface area contributed by atoms with Crippen molar-refractivity contribution < 1.29 is 22.4 Å². The fourth-order valence-corrected chi connectivity index (χ4v) is 6.25. The zero-order chi connectivity index (χ0) is 22.3. The third-order valence-corrected chi connectivity index (χ3v) is 8.18. The van der Waals surface area contributed by atoms with Crippen LogP contribution < -0.4 is 4.74 Å². The number of aryl methyl sites for hydroxylation is 1. The van der Waals surface area contributed by atoms with E-state index in [1.54, 1.807) is 43.2 Å². The second kappa shape index (κ2) is 8.35. The standard InChI is InChI=1S/C21H20Cl2N2O5S/c1-13-19(15-12-14(29-2)6-7-18(15)30-13)21(26)24-8-10-25(11-9-24)31(27,28)20-16(22)4-3-5-17(20)23/h3-7,12H,8-11H2,1-2H3. The average molecular weight is 483 g/mol. The van der Waals surface area contributed by atoms with E-state index in [-0.39, 0.29) is 47.0 Å². The quantitative estimate of drug-likeness (QED) is 0.556. The normalized spacial score (nSPS) is 15.4. The number of benzene rings is 2. The predicted molar refractivity (Wildman–Crippen MR) is 119 cm³/mol. The maximum atomic E-state index is 13.2. The number of piperazine rings is 1. The molecule has 0 atom stereocenters. The number of sulfonamides is 1. The van der Waals surface area contributed by atoms with Crippen molar-refractivity contribution in [3.8, 4) is 5.75 Å². The van der Waals surface area contributed by atoms with E-state index in [2.05, 4.69) is 0 Å². The van der Waals surface area contributed by atoms with Gasteiger partial charge in [0.25, 0.3) is 5.91 Å². The Morgan fingerprint density at radius 1 is 1.06 bits per heavy atom. The molecule has 0 bridgehead atoms. The molecule has 10 heteroatoms. The number of fused-ring (bicyclic) bond motifs is 1. The molecule has 0 unspecified atom stereocenters. The van der Waals surface area contributed by atoms with Crippen LogP contribution in [0.2, 0.25) is 10.0 Å². The number of carbonyl (C=O) groups excluding carboxylic acids is 1. The molecule has 2 aromatic carbocycles. The smallest absolute Gasteiger partial charge is 0.258 e. The number of furan rings is 1. The van der Waals surface area contributed by atoms with Crippen molar-refractivity contribution >= 4 is 50.1 Å². The number of hydrogen-bond acceptors (Lipinski definition) is 5. The molecule has 1 aliphatic rings. The molecule has 164 valence electrons. The molecule has 1 aliphatic heterocycles. The summed E-state index contributed by atoms with van der Waals surface area (Å²) in [6.45, 7) is 2.47. The Hall–Kier alpha value is -2.26. The Labute approximate surface area is 190 Å². The van der Waals surface area contributed by atoms with Crippen LogP contribution in [0.1, 0.15) is 16.1 Å². The van der Waals surface area contributed by atoms with Crippen LogP contribution in [-0.2, 0) is 10.0 Å².